The summed E-state index contributed by atoms with van der Waals surface area (Å²) in [4.78, 5) is 2.59. The van der Waals surface area contributed by atoms with Gasteiger partial charge in [0.25, 0.3) is 0 Å². The molecular formula is C21H28N2O2. The summed E-state index contributed by atoms with van der Waals surface area (Å²) in [6.45, 7) is 3.49. The maximum atomic E-state index is 10.3. The van der Waals surface area contributed by atoms with Crippen LogP contribution in [0.1, 0.15) is 30.6 Å². The highest BCUT2D eigenvalue weighted by atomic mass is 16.5. The molecule has 5 rings (SSSR count). The summed E-state index contributed by atoms with van der Waals surface area (Å²) >= 11 is 0. The third-order valence-corrected chi connectivity index (χ3v) is 7.33. The normalized spacial score (nSPS) is 36.1. The number of aliphatic hydroxyl groups excluding tert-OH is 1. The van der Waals surface area contributed by atoms with Crippen LogP contribution in [0.15, 0.2) is 24.3 Å². The Hall–Kier alpha value is -1.36. The molecule has 0 spiro atoms. The van der Waals surface area contributed by atoms with Crippen LogP contribution in [0.25, 0.3) is 10.9 Å². The first-order valence-corrected chi connectivity index (χ1v) is 9.62. The summed E-state index contributed by atoms with van der Waals surface area (Å²) in [5.41, 5.74) is 4.39. The molecule has 1 aromatic carbocycles. The van der Waals surface area contributed by atoms with Gasteiger partial charge in [-0.1, -0.05) is 18.2 Å². The minimum absolute atomic E-state index is 0.272. The average Bonchev–Trinajstić information content (AvgIpc) is 2.88. The highest BCUT2D eigenvalue weighted by Gasteiger charge is 2.51. The molecule has 3 aliphatic rings. The monoisotopic (exact) mass is 340 g/mol. The zero-order valence-electron chi connectivity index (χ0n) is 15.4. The number of para-hydroxylation sites is 1. The van der Waals surface area contributed by atoms with Gasteiger partial charge >= 0.3 is 0 Å². The van der Waals surface area contributed by atoms with Gasteiger partial charge in [-0.3, -0.25) is 4.90 Å². The first kappa shape index (κ1) is 15.9. The molecule has 134 valence electrons. The van der Waals surface area contributed by atoms with Crippen LogP contribution in [0.3, 0.4) is 0 Å². The molecule has 1 aromatic heterocycles. The van der Waals surface area contributed by atoms with Crippen molar-refractivity contribution in [2.45, 2.75) is 38.0 Å². The maximum Gasteiger partial charge on any atom is 0.0565 e. The number of piperidine rings is 1. The number of benzene rings is 1. The lowest BCUT2D eigenvalue weighted by Gasteiger charge is -2.55. The molecule has 3 aliphatic heterocycles. The fraction of sp³-hybridized carbons (Fsp3) is 0.619. The molecular weight excluding hydrogens is 312 g/mol. The Morgan fingerprint density at radius 2 is 1.96 bits per heavy atom. The molecule has 1 N–H and O–H groups in total. The zero-order chi connectivity index (χ0) is 17.3. The van der Waals surface area contributed by atoms with Gasteiger partial charge in [0.15, 0.2) is 0 Å². The molecule has 2 aromatic rings. The third kappa shape index (κ3) is 2.11. The average molecular weight is 340 g/mol. The van der Waals surface area contributed by atoms with Crippen LogP contribution in [0.5, 0.6) is 0 Å². The Bertz CT molecular complexity index is 812. The largest absolute Gasteiger partial charge is 0.393 e. The molecule has 2 fully saturated rings. The van der Waals surface area contributed by atoms with E-state index in [1.54, 1.807) is 5.56 Å². The molecule has 0 aliphatic carbocycles. The van der Waals surface area contributed by atoms with Crippen molar-refractivity contribution in [1.29, 1.82) is 0 Å². The lowest BCUT2D eigenvalue weighted by atomic mass is 9.64. The Kier molecular flexibility index (Phi) is 3.53. The minimum Gasteiger partial charge on any atom is -0.393 e. The quantitative estimate of drug-likeness (QED) is 0.867. The van der Waals surface area contributed by atoms with E-state index < -0.39 is 0 Å². The van der Waals surface area contributed by atoms with E-state index in [0.717, 1.165) is 19.4 Å². The number of rotatable bonds is 1. The highest BCUT2D eigenvalue weighted by molar-refractivity contribution is 5.86. The topological polar surface area (TPSA) is 37.6 Å². The van der Waals surface area contributed by atoms with Crippen molar-refractivity contribution < 1.29 is 9.84 Å². The summed E-state index contributed by atoms with van der Waals surface area (Å²) in [5.74, 6) is 1.36. The molecule has 4 heterocycles. The second-order valence-corrected chi connectivity index (χ2v) is 8.40. The molecule has 4 heteroatoms. The van der Waals surface area contributed by atoms with Crippen molar-refractivity contribution in [2.24, 2.45) is 24.8 Å². The first-order chi connectivity index (χ1) is 12.1. The van der Waals surface area contributed by atoms with Crippen molar-refractivity contribution >= 4 is 10.9 Å². The van der Waals surface area contributed by atoms with Gasteiger partial charge in [0.05, 0.1) is 25.4 Å². The van der Waals surface area contributed by atoms with Gasteiger partial charge in [-0.15, -0.1) is 0 Å². The number of ether oxygens (including phenoxy) is 1. The first-order valence-electron chi connectivity index (χ1n) is 9.62. The molecule has 2 saturated heterocycles. The number of nitrogens with zero attached hydrogens (tertiary/aromatic N) is 2. The molecule has 0 radical (unpaired) electrons. The second-order valence-electron chi connectivity index (χ2n) is 8.40. The number of fused-ring (bicyclic) bond motifs is 8. The van der Waals surface area contributed by atoms with Crippen LogP contribution in [-0.4, -0.2) is 47.0 Å². The summed E-state index contributed by atoms with van der Waals surface area (Å²) in [5, 5.41) is 11.7. The van der Waals surface area contributed by atoms with E-state index in [1.165, 1.54) is 16.6 Å². The number of hydrogen-bond acceptors (Lipinski definition) is 3. The SMILES string of the molecule is CC(O)C1COCC2C1CC1c3c(c4ccccc4n3C)CC2N1C. The van der Waals surface area contributed by atoms with E-state index in [1.807, 2.05) is 6.92 Å². The van der Waals surface area contributed by atoms with E-state index in [2.05, 4.69) is 47.8 Å². The van der Waals surface area contributed by atoms with Crippen LogP contribution < -0.4 is 0 Å². The Balaban J connectivity index is 1.65. The Labute approximate surface area is 149 Å². The van der Waals surface area contributed by atoms with Gasteiger partial charge < -0.3 is 14.4 Å². The van der Waals surface area contributed by atoms with Crippen molar-refractivity contribution in [3.05, 3.63) is 35.5 Å². The van der Waals surface area contributed by atoms with Crippen molar-refractivity contribution in [2.75, 3.05) is 20.3 Å². The van der Waals surface area contributed by atoms with Crippen LogP contribution in [0, 0.1) is 17.8 Å². The molecule has 0 saturated carbocycles. The number of hydrogen-bond donors (Lipinski definition) is 1. The smallest absolute Gasteiger partial charge is 0.0565 e. The van der Waals surface area contributed by atoms with Gasteiger partial charge in [-0.2, -0.15) is 0 Å². The number of aliphatic hydroxyl groups is 1. The predicted molar refractivity (Wildman–Crippen MR) is 98.5 cm³/mol. The van der Waals surface area contributed by atoms with Crippen molar-refractivity contribution in [3.63, 3.8) is 0 Å². The summed E-state index contributed by atoms with van der Waals surface area (Å²) in [6.07, 6.45) is 1.94. The molecule has 6 unspecified atom stereocenters. The molecule has 2 bridgehead atoms. The molecule has 4 nitrogen and oxygen atoms in total. The fourth-order valence-corrected chi connectivity index (χ4v) is 6.04. The number of aromatic nitrogens is 1. The van der Waals surface area contributed by atoms with Crippen molar-refractivity contribution in [1.82, 2.24) is 9.47 Å². The fourth-order valence-electron chi connectivity index (χ4n) is 6.04. The van der Waals surface area contributed by atoms with Gasteiger partial charge in [-0.05, 0) is 44.4 Å². The molecule has 25 heavy (non-hydrogen) atoms. The maximum absolute atomic E-state index is 10.3. The van der Waals surface area contributed by atoms with Gasteiger partial charge in [-0.25, -0.2) is 0 Å². The van der Waals surface area contributed by atoms with Crippen LogP contribution in [0.2, 0.25) is 0 Å². The van der Waals surface area contributed by atoms with Crippen LogP contribution in [-0.2, 0) is 18.2 Å². The van der Waals surface area contributed by atoms with E-state index in [4.69, 9.17) is 4.74 Å². The number of aryl methyl sites for hydroxylation is 1. The van der Waals surface area contributed by atoms with Crippen LogP contribution >= 0.6 is 0 Å². The Morgan fingerprint density at radius 3 is 2.76 bits per heavy atom. The van der Waals surface area contributed by atoms with E-state index >= 15 is 0 Å². The van der Waals surface area contributed by atoms with Gasteiger partial charge in [0.1, 0.15) is 0 Å². The molecule has 0 amide bonds. The van der Waals surface area contributed by atoms with Gasteiger partial charge in [0, 0.05) is 41.5 Å². The standard InChI is InChI=1S/C21H28N2O2/c1-12(24)16-10-25-11-17-14(16)8-20-21-15(9-19(17)22(20)2)13-6-4-5-7-18(13)23(21)3/h4-7,12,14,16-17,19-20,24H,8-11H2,1-3H3. The summed E-state index contributed by atoms with van der Waals surface area (Å²) in [6, 6.07) is 9.79. The Morgan fingerprint density at radius 1 is 1.16 bits per heavy atom. The van der Waals surface area contributed by atoms with E-state index in [0.29, 0.717) is 30.5 Å². The van der Waals surface area contributed by atoms with Gasteiger partial charge in [0.2, 0.25) is 0 Å². The minimum atomic E-state index is -0.288. The summed E-state index contributed by atoms with van der Waals surface area (Å²) < 4.78 is 8.36. The second kappa shape index (κ2) is 5.57. The molecule has 6 atom stereocenters. The lowest BCUT2D eigenvalue weighted by molar-refractivity contribution is -0.132. The van der Waals surface area contributed by atoms with E-state index in [-0.39, 0.29) is 12.0 Å². The van der Waals surface area contributed by atoms with Crippen molar-refractivity contribution in [3.8, 4) is 0 Å². The third-order valence-electron chi connectivity index (χ3n) is 7.33. The highest BCUT2D eigenvalue weighted by Crippen LogP contribution is 2.51. The predicted octanol–water partition coefficient (Wildman–Crippen LogP) is 2.74. The van der Waals surface area contributed by atoms with Crippen LogP contribution in [0.4, 0.5) is 0 Å². The number of likely N-dealkylation sites (N-methyl/N-ethyl adjacent to an activating group) is 1. The lowest BCUT2D eigenvalue weighted by Crippen LogP contribution is -2.58. The summed E-state index contributed by atoms with van der Waals surface area (Å²) in [7, 11) is 4.51. The van der Waals surface area contributed by atoms with E-state index in [9.17, 15) is 5.11 Å². The zero-order valence-corrected chi connectivity index (χ0v) is 15.4.